The van der Waals surface area contributed by atoms with Gasteiger partial charge in [0.05, 0.1) is 20.3 Å². The number of methoxy groups -OCH3 is 2. The van der Waals surface area contributed by atoms with Crippen molar-refractivity contribution in [3.05, 3.63) is 22.2 Å². The average molecular weight is 347 g/mol. The highest BCUT2D eigenvalue weighted by Gasteiger charge is 2.25. The number of nitrogens with one attached hydrogen (secondary N) is 1. The largest absolute Gasteiger partial charge is 0.493 e. The number of piperazine rings is 1. The summed E-state index contributed by atoms with van der Waals surface area (Å²) in [5.41, 5.74) is 0.895. The van der Waals surface area contributed by atoms with E-state index in [1.54, 1.807) is 14.2 Å². The van der Waals surface area contributed by atoms with Gasteiger partial charge in [-0.3, -0.25) is 4.90 Å². The molecule has 1 aliphatic heterocycles. The van der Waals surface area contributed by atoms with Crippen molar-refractivity contribution in [1.82, 2.24) is 10.2 Å². The second-order valence-electron chi connectivity index (χ2n) is 4.68. The molecule has 0 spiro atoms. The van der Waals surface area contributed by atoms with Gasteiger partial charge in [-0.2, -0.15) is 0 Å². The number of rotatable bonds is 5. The first kappa shape index (κ1) is 15.5. The molecule has 1 fully saturated rings. The fourth-order valence-electron chi connectivity index (χ4n) is 2.50. The van der Waals surface area contributed by atoms with Gasteiger partial charge >= 0.3 is 0 Å². The number of halogens is 2. The zero-order valence-electron chi connectivity index (χ0n) is 11.8. The van der Waals surface area contributed by atoms with Crippen LogP contribution >= 0.6 is 15.9 Å². The highest BCUT2D eigenvalue weighted by molar-refractivity contribution is 9.10. The zero-order valence-corrected chi connectivity index (χ0v) is 13.4. The molecule has 0 unspecified atom stereocenters. The van der Waals surface area contributed by atoms with Crippen LogP contribution in [0, 0.1) is 0 Å². The van der Waals surface area contributed by atoms with Crippen LogP contribution in [0.4, 0.5) is 4.39 Å². The number of ether oxygens (including phenoxy) is 2. The Bertz CT molecular complexity index is 453. The van der Waals surface area contributed by atoms with Crippen LogP contribution in [-0.2, 0) is 0 Å². The molecule has 0 bridgehead atoms. The van der Waals surface area contributed by atoms with Gasteiger partial charge < -0.3 is 14.8 Å². The molecule has 1 N–H and O–H groups in total. The molecule has 6 heteroatoms. The highest BCUT2D eigenvalue weighted by Crippen LogP contribution is 2.38. The summed E-state index contributed by atoms with van der Waals surface area (Å²) in [6.45, 7) is 3.04. The van der Waals surface area contributed by atoms with Gasteiger partial charge in [-0.05, 0) is 17.7 Å². The van der Waals surface area contributed by atoms with E-state index in [0.717, 1.165) is 36.2 Å². The Morgan fingerprint density at radius 1 is 1.25 bits per heavy atom. The highest BCUT2D eigenvalue weighted by atomic mass is 79.9. The van der Waals surface area contributed by atoms with Crippen molar-refractivity contribution in [2.45, 2.75) is 6.04 Å². The monoisotopic (exact) mass is 346 g/mol. The van der Waals surface area contributed by atoms with E-state index < -0.39 is 6.67 Å². The number of benzene rings is 1. The van der Waals surface area contributed by atoms with Crippen molar-refractivity contribution in [2.24, 2.45) is 0 Å². The molecule has 1 atom stereocenters. The molecule has 1 aliphatic rings. The maximum absolute atomic E-state index is 13.6. The van der Waals surface area contributed by atoms with E-state index in [0.29, 0.717) is 11.5 Å². The average Bonchev–Trinajstić information content (AvgIpc) is 2.50. The standard InChI is InChI=1S/C14H20BrFN2O2/c1-19-13-7-10(11(15)8-14(13)20-2)12(9-16)18-5-3-17-4-6-18/h7-8,12,17H,3-6,9H2,1-2H3/t12-/m0/s1. The maximum atomic E-state index is 13.6. The summed E-state index contributed by atoms with van der Waals surface area (Å²) >= 11 is 3.51. The predicted octanol–water partition coefficient (Wildman–Crippen LogP) is 2.38. The first-order chi connectivity index (χ1) is 9.71. The van der Waals surface area contributed by atoms with Crippen LogP contribution in [0.15, 0.2) is 16.6 Å². The molecular weight excluding hydrogens is 327 g/mol. The molecule has 0 radical (unpaired) electrons. The van der Waals surface area contributed by atoms with Gasteiger partial charge in [0, 0.05) is 30.7 Å². The van der Waals surface area contributed by atoms with Gasteiger partial charge in [0.1, 0.15) is 6.67 Å². The van der Waals surface area contributed by atoms with Crippen LogP contribution in [0.1, 0.15) is 11.6 Å². The van der Waals surface area contributed by atoms with Gasteiger partial charge in [0.25, 0.3) is 0 Å². The van der Waals surface area contributed by atoms with E-state index in [1.165, 1.54) is 0 Å². The van der Waals surface area contributed by atoms with Crippen molar-refractivity contribution in [3.8, 4) is 11.5 Å². The third-order valence-electron chi connectivity index (χ3n) is 3.60. The van der Waals surface area contributed by atoms with Gasteiger partial charge in [0.2, 0.25) is 0 Å². The van der Waals surface area contributed by atoms with Gasteiger partial charge in [-0.1, -0.05) is 15.9 Å². The molecule has 1 saturated heterocycles. The minimum atomic E-state index is -0.423. The van der Waals surface area contributed by atoms with E-state index in [1.807, 2.05) is 12.1 Å². The lowest BCUT2D eigenvalue weighted by Gasteiger charge is -2.34. The smallest absolute Gasteiger partial charge is 0.161 e. The van der Waals surface area contributed by atoms with Crippen LogP contribution < -0.4 is 14.8 Å². The lowest BCUT2D eigenvalue weighted by Crippen LogP contribution is -2.45. The van der Waals surface area contributed by atoms with E-state index in [9.17, 15) is 4.39 Å². The minimum absolute atomic E-state index is 0.258. The van der Waals surface area contributed by atoms with Crippen LogP contribution in [0.2, 0.25) is 0 Å². The van der Waals surface area contributed by atoms with E-state index in [2.05, 4.69) is 26.1 Å². The molecule has 1 aromatic carbocycles. The molecule has 0 aliphatic carbocycles. The maximum Gasteiger partial charge on any atom is 0.161 e. The number of alkyl halides is 1. The Kier molecular flexibility index (Phi) is 5.63. The fourth-order valence-corrected chi connectivity index (χ4v) is 3.08. The van der Waals surface area contributed by atoms with E-state index >= 15 is 0 Å². The second-order valence-corrected chi connectivity index (χ2v) is 5.54. The first-order valence-electron chi connectivity index (χ1n) is 6.63. The summed E-state index contributed by atoms with van der Waals surface area (Å²) in [4.78, 5) is 2.16. The molecule has 0 aromatic heterocycles. The summed E-state index contributed by atoms with van der Waals surface area (Å²) < 4.78 is 25.0. The molecule has 1 aromatic rings. The Balaban J connectivity index is 2.33. The second kappa shape index (κ2) is 7.24. The van der Waals surface area contributed by atoms with Gasteiger partial charge in [-0.15, -0.1) is 0 Å². The molecule has 2 rings (SSSR count). The summed E-state index contributed by atoms with van der Waals surface area (Å²) in [5, 5.41) is 3.28. The summed E-state index contributed by atoms with van der Waals surface area (Å²) in [5.74, 6) is 1.26. The molecular formula is C14H20BrFN2O2. The molecule has 20 heavy (non-hydrogen) atoms. The van der Waals surface area contributed by atoms with Gasteiger partial charge in [-0.25, -0.2) is 4.39 Å². The van der Waals surface area contributed by atoms with Crippen LogP contribution in [0.3, 0.4) is 0 Å². The topological polar surface area (TPSA) is 33.7 Å². The Morgan fingerprint density at radius 3 is 2.40 bits per heavy atom. The number of hydrogen-bond acceptors (Lipinski definition) is 4. The Morgan fingerprint density at radius 2 is 1.85 bits per heavy atom. The normalized spacial score (nSPS) is 17.8. The van der Waals surface area contributed by atoms with Crippen LogP contribution in [-0.4, -0.2) is 52.0 Å². The lowest BCUT2D eigenvalue weighted by molar-refractivity contribution is 0.147. The Hall–Kier alpha value is -0.850. The van der Waals surface area contributed by atoms with Crippen LogP contribution in [0.25, 0.3) is 0 Å². The predicted molar refractivity (Wildman–Crippen MR) is 80.4 cm³/mol. The quantitative estimate of drug-likeness (QED) is 0.887. The van der Waals surface area contributed by atoms with Crippen LogP contribution in [0.5, 0.6) is 11.5 Å². The summed E-state index contributed by atoms with van der Waals surface area (Å²) in [7, 11) is 3.18. The van der Waals surface area contributed by atoms with E-state index in [4.69, 9.17) is 9.47 Å². The Labute approximate surface area is 127 Å². The number of hydrogen-bond donors (Lipinski definition) is 1. The molecule has 0 amide bonds. The van der Waals surface area contributed by atoms with Crippen molar-refractivity contribution in [2.75, 3.05) is 47.1 Å². The van der Waals surface area contributed by atoms with Crippen molar-refractivity contribution in [3.63, 3.8) is 0 Å². The van der Waals surface area contributed by atoms with Gasteiger partial charge in [0.15, 0.2) is 11.5 Å². The summed E-state index contributed by atoms with van der Waals surface area (Å²) in [6, 6.07) is 3.43. The SMILES string of the molecule is COc1cc(Br)c([C@H](CF)N2CCNCC2)cc1OC. The molecule has 112 valence electrons. The van der Waals surface area contributed by atoms with Crippen molar-refractivity contribution in [1.29, 1.82) is 0 Å². The molecule has 1 heterocycles. The van der Waals surface area contributed by atoms with E-state index in [-0.39, 0.29) is 6.04 Å². The first-order valence-corrected chi connectivity index (χ1v) is 7.42. The summed E-state index contributed by atoms with van der Waals surface area (Å²) in [6.07, 6.45) is 0. The third kappa shape index (κ3) is 3.24. The van der Waals surface area contributed by atoms with Crippen molar-refractivity contribution < 1.29 is 13.9 Å². The molecule has 4 nitrogen and oxygen atoms in total. The fraction of sp³-hybridized carbons (Fsp3) is 0.571. The van der Waals surface area contributed by atoms with Crippen molar-refractivity contribution >= 4 is 15.9 Å². The molecule has 0 saturated carbocycles. The third-order valence-corrected chi connectivity index (χ3v) is 4.29. The lowest BCUT2D eigenvalue weighted by atomic mass is 10.0. The minimum Gasteiger partial charge on any atom is -0.493 e. The zero-order chi connectivity index (χ0) is 14.5. The number of nitrogens with zero attached hydrogens (tertiary/aromatic N) is 1.